The average Bonchev–Trinajstić information content (AvgIpc) is 2.14. The first-order valence-electron chi connectivity index (χ1n) is 2.19. The number of hydrogen-bond donors (Lipinski definition) is 0. The Morgan fingerprint density at radius 1 is 1.75 bits per heavy atom. The molecular weight excluding hydrogens is 104 g/mol. The van der Waals surface area contributed by atoms with Crippen LogP contribution in [0.4, 0.5) is 0 Å². The molecule has 4 nitrogen and oxygen atoms in total. The van der Waals surface area contributed by atoms with E-state index in [-0.39, 0.29) is 0 Å². The largest absolute Gasteiger partial charge is 0.229 e. The summed E-state index contributed by atoms with van der Waals surface area (Å²) < 4.78 is 1.55. The molecular formula is C4H6N4. The minimum atomic E-state index is 0.685. The van der Waals surface area contributed by atoms with Gasteiger partial charge in [-0.05, 0) is 16.5 Å². The summed E-state index contributed by atoms with van der Waals surface area (Å²) in [6.45, 7) is 3.50. The summed E-state index contributed by atoms with van der Waals surface area (Å²) in [5, 5.41) is 10.6. The van der Waals surface area contributed by atoms with Gasteiger partial charge in [0, 0.05) is 7.05 Å². The van der Waals surface area contributed by atoms with E-state index < -0.39 is 0 Å². The van der Waals surface area contributed by atoms with Gasteiger partial charge < -0.3 is 0 Å². The van der Waals surface area contributed by atoms with Crippen LogP contribution in [-0.2, 0) is 7.05 Å². The van der Waals surface area contributed by atoms with Crippen LogP contribution in [0.3, 0.4) is 0 Å². The summed E-state index contributed by atoms with van der Waals surface area (Å²) in [6.07, 6.45) is 1.60. The molecule has 0 N–H and O–H groups in total. The monoisotopic (exact) mass is 110 g/mol. The van der Waals surface area contributed by atoms with Crippen molar-refractivity contribution in [3.63, 3.8) is 0 Å². The van der Waals surface area contributed by atoms with Gasteiger partial charge in [0.25, 0.3) is 0 Å². The maximum atomic E-state index is 3.62. The van der Waals surface area contributed by atoms with E-state index in [1.54, 1.807) is 17.8 Å². The van der Waals surface area contributed by atoms with Crippen molar-refractivity contribution >= 4 is 6.08 Å². The van der Waals surface area contributed by atoms with Gasteiger partial charge in [0.05, 0.1) is 0 Å². The third kappa shape index (κ3) is 0.598. The van der Waals surface area contributed by atoms with Crippen molar-refractivity contribution in [1.29, 1.82) is 0 Å². The second-order valence-electron chi connectivity index (χ2n) is 1.36. The number of aromatic nitrogens is 4. The molecule has 0 spiro atoms. The normalized spacial score (nSPS) is 9.12. The van der Waals surface area contributed by atoms with Crippen LogP contribution < -0.4 is 0 Å². The molecule has 42 valence electrons. The van der Waals surface area contributed by atoms with Gasteiger partial charge in [0.1, 0.15) is 0 Å². The molecule has 0 saturated carbocycles. The summed E-state index contributed by atoms with van der Waals surface area (Å²) in [4.78, 5) is 0. The SMILES string of the molecule is C=Cc1nnnn1C. The second kappa shape index (κ2) is 1.73. The zero-order valence-corrected chi connectivity index (χ0v) is 4.57. The summed E-state index contributed by atoms with van der Waals surface area (Å²) in [5.41, 5.74) is 0. The van der Waals surface area contributed by atoms with E-state index in [1.807, 2.05) is 0 Å². The lowest BCUT2D eigenvalue weighted by Crippen LogP contribution is -1.92. The minimum absolute atomic E-state index is 0.685. The fraction of sp³-hybridized carbons (Fsp3) is 0.250. The molecule has 0 fully saturated rings. The number of nitrogens with zero attached hydrogens (tertiary/aromatic N) is 4. The summed E-state index contributed by atoms with van der Waals surface area (Å²) >= 11 is 0. The highest BCUT2D eigenvalue weighted by Crippen LogP contribution is 1.86. The van der Waals surface area contributed by atoms with E-state index in [0.29, 0.717) is 5.82 Å². The Bertz CT molecular complexity index is 190. The van der Waals surface area contributed by atoms with Gasteiger partial charge in [0.2, 0.25) is 0 Å². The number of tetrazole rings is 1. The number of aryl methyl sites for hydroxylation is 1. The molecule has 0 aliphatic carbocycles. The van der Waals surface area contributed by atoms with E-state index in [2.05, 4.69) is 22.1 Å². The van der Waals surface area contributed by atoms with Crippen LogP contribution in [0, 0.1) is 0 Å². The first-order valence-corrected chi connectivity index (χ1v) is 2.19. The third-order valence-corrected chi connectivity index (χ3v) is 0.835. The van der Waals surface area contributed by atoms with Crippen LogP contribution in [0.1, 0.15) is 5.82 Å². The van der Waals surface area contributed by atoms with Gasteiger partial charge in [-0.3, -0.25) is 0 Å². The highest BCUT2D eigenvalue weighted by Gasteiger charge is 1.90. The van der Waals surface area contributed by atoms with E-state index in [9.17, 15) is 0 Å². The summed E-state index contributed by atoms with van der Waals surface area (Å²) in [5.74, 6) is 0.685. The number of rotatable bonds is 1. The van der Waals surface area contributed by atoms with Gasteiger partial charge in [-0.2, -0.15) is 0 Å². The topological polar surface area (TPSA) is 43.6 Å². The first-order chi connectivity index (χ1) is 3.84. The lowest BCUT2D eigenvalue weighted by molar-refractivity contribution is 0.706. The third-order valence-electron chi connectivity index (χ3n) is 0.835. The summed E-state index contributed by atoms with van der Waals surface area (Å²) in [6, 6.07) is 0. The quantitative estimate of drug-likeness (QED) is 0.505. The Kier molecular flexibility index (Phi) is 1.07. The molecule has 1 heterocycles. The zero-order chi connectivity index (χ0) is 5.98. The molecule has 1 aromatic rings. The fourth-order valence-electron chi connectivity index (χ4n) is 0.409. The van der Waals surface area contributed by atoms with Crippen molar-refractivity contribution in [2.75, 3.05) is 0 Å². The molecule has 0 aromatic carbocycles. The van der Waals surface area contributed by atoms with E-state index in [4.69, 9.17) is 0 Å². The zero-order valence-electron chi connectivity index (χ0n) is 4.57. The maximum Gasteiger partial charge on any atom is 0.173 e. The molecule has 0 bridgehead atoms. The van der Waals surface area contributed by atoms with Crippen molar-refractivity contribution in [3.05, 3.63) is 12.4 Å². The Labute approximate surface area is 46.8 Å². The van der Waals surface area contributed by atoms with Crippen LogP contribution in [0.2, 0.25) is 0 Å². The molecule has 0 radical (unpaired) electrons. The van der Waals surface area contributed by atoms with Crippen LogP contribution in [0.15, 0.2) is 6.58 Å². The standard InChI is InChI=1S/C4H6N4/c1-3-4-5-6-7-8(4)2/h3H,1H2,2H3. The molecule has 0 aliphatic rings. The molecule has 1 rings (SSSR count). The van der Waals surface area contributed by atoms with Crippen molar-refractivity contribution in [1.82, 2.24) is 20.2 Å². The smallest absolute Gasteiger partial charge is 0.173 e. The van der Waals surface area contributed by atoms with Crippen molar-refractivity contribution in [2.24, 2.45) is 7.05 Å². The fourth-order valence-corrected chi connectivity index (χ4v) is 0.409. The minimum Gasteiger partial charge on any atom is -0.229 e. The molecule has 1 aromatic heterocycles. The maximum absolute atomic E-state index is 3.62. The van der Waals surface area contributed by atoms with Crippen molar-refractivity contribution in [2.45, 2.75) is 0 Å². The van der Waals surface area contributed by atoms with Gasteiger partial charge in [-0.25, -0.2) is 4.68 Å². The van der Waals surface area contributed by atoms with Crippen molar-refractivity contribution < 1.29 is 0 Å². The Morgan fingerprint density at radius 2 is 2.50 bits per heavy atom. The predicted molar refractivity (Wildman–Crippen MR) is 28.9 cm³/mol. The van der Waals surface area contributed by atoms with Gasteiger partial charge >= 0.3 is 0 Å². The van der Waals surface area contributed by atoms with Crippen molar-refractivity contribution in [3.8, 4) is 0 Å². The molecule has 0 amide bonds. The van der Waals surface area contributed by atoms with Crippen LogP contribution >= 0.6 is 0 Å². The highest BCUT2D eigenvalue weighted by molar-refractivity contribution is 5.34. The molecule has 0 saturated heterocycles. The first kappa shape index (κ1) is 4.96. The lowest BCUT2D eigenvalue weighted by Gasteiger charge is -1.83. The summed E-state index contributed by atoms with van der Waals surface area (Å²) in [7, 11) is 1.76. The molecule has 0 atom stereocenters. The van der Waals surface area contributed by atoms with E-state index >= 15 is 0 Å². The van der Waals surface area contributed by atoms with Gasteiger partial charge in [-0.15, -0.1) is 5.10 Å². The highest BCUT2D eigenvalue weighted by atomic mass is 15.5. The Hall–Kier alpha value is -1.19. The van der Waals surface area contributed by atoms with Gasteiger partial charge in [0.15, 0.2) is 5.82 Å². The second-order valence-corrected chi connectivity index (χ2v) is 1.36. The lowest BCUT2D eigenvalue weighted by atomic mass is 10.6. The van der Waals surface area contributed by atoms with Gasteiger partial charge in [-0.1, -0.05) is 6.58 Å². The average molecular weight is 110 g/mol. The van der Waals surface area contributed by atoms with Crippen LogP contribution in [-0.4, -0.2) is 20.2 Å². The van der Waals surface area contributed by atoms with Crippen LogP contribution in [0.25, 0.3) is 6.08 Å². The molecule has 0 unspecified atom stereocenters. The van der Waals surface area contributed by atoms with Crippen LogP contribution in [0.5, 0.6) is 0 Å². The van der Waals surface area contributed by atoms with E-state index in [0.717, 1.165) is 0 Å². The van der Waals surface area contributed by atoms with E-state index in [1.165, 1.54) is 0 Å². The number of hydrogen-bond acceptors (Lipinski definition) is 3. The molecule has 4 heteroatoms. The molecule has 0 aliphatic heterocycles. The Balaban J connectivity index is 3.09. The molecule has 8 heavy (non-hydrogen) atoms. The predicted octanol–water partition coefficient (Wildman–Crippen LogP) is -0.147. The Morgan fingerprint density at radius 3 is 2.75 bits per heavy atom.